The maximum Gasteiger partial charge on any atom is 0.318 e. The van der Waals surface area contributed by atoms with Crippen LogP contribution >= 0.6 is 0 Å². The molecule has 1 unspecified atom stereocenters. The lowest BCUT2D eigenvalue weighted by Crippen LogP contribution is -2.46. The lowest BCUT2D eigenvalue weighted by molar-refractivity contribution is -0.121. The van der Waals surface area contributed by atoms with Crippen LogP contribution in [0, 0.1) is 0 Å². The highest BCUT2D eigenvalue weighted by atomic mass is 16.3. The number of aliphatic hydroxyl groups is 1. The molecule has 3 amide bonds. The Kier molecular flexibility index (Phi) is 5.82. The summed E-state index contributed by atoms with van der Waals surface area (Å²) in [4.78, 5) is 21.3. The van der Waals surface area contributed by atoms with E-state index in [2.05, 4.69) is 5.32 Å². The average Bonchev–Trinajstić information content (AvgIpc) is 2.03. The number of carbonyl (C=O) groups is 2. The fourth-order valence-corrected chi connectivity index (χ4v) is 0.720. The van der Waals surface area contributed by atoms with Crippen molar-refractivity contribution in [1.82, 2.24) is 10.6 Å². The van der Waals surface area contributed by atoms with E-state index in [0.717, 1.165) is 0 Å². The van der Waals surface area contributed by atoms with Crippen molar-refractivity contribution < 1.29 is 14.7 Å². The first kappa shape index (κ1) is 11.9. The number of amides is 3. The van der Waals surface area contributed by atoms with Crippen molar-refractivity contribution in [3.8, 4) is 0 Å². The summed E-state index contributed by atoms with van der Waals surface area (Å²) < 4.78 is 0. The number of hydrogen-bond acceptors (Lipinski definition) is 4. The Labute approximate surface area is 76.5 Å². The molecule has 0 saturated carbocycles. The second-order valence-corrected chi connectivity index (χ2v) is 2.61. The molecule has 0 bridgehead atoms. The standard InChI is InChI=1S/C7H15N3O3/c1-5(9-3-2-4-11)6(12)10-7(8)13/h5,9,11H,2-4H2,1H3,(H3,8,10,12,13). The normalized spacial score (nSPS) is 12.2. The van der Waals surface area contributed by atoms with Gasteiger partial charge in [0.2, 0.25) is 5.91 Å². The van der Waals surface area contributed by atoms with Gasteiger partial charge in [-0.05, 0) is 19.9 Å². The van der Waals surface area contributed by atoms with Gasteiger partial charge in [0.15, 0.2) is 0 Å². The molecule has 0 aliphatic heterocycles. The fourth-order valence-electron chi connectivity index (χ4n) is 0.720. The smallest absolute Gasteiger partial charge is 0.318 e. The number of nitrogens with one attached hydrogen (secondary N) is 2. The summed E-state index contributed by atoms with van der Waals surface area (Å²) in [5.41, 5.74) is 4.75. The number of primary amides is 1. The van der Waals surface area contributed by atoms with Gasteiger partial charge in [-0.25, -0.2) is 4.79 Å². The molecule has 0 aromatic rings. The van der Waals surface area contributed by atoms with E-state index in [4.69, 9.17) is 10.8 Å². The van der Waals surface area contributed by atoms with Gasteiger partial charge in [0.1, 0.15) is 0 Å². The number of rotatable bonds is 5. The Morgan fingerprint density at radius 1 is 1.54 bits per heavy atom. The first-order chi connectivity index (χ1) is 6.07. The van der Waals surface area contributed by atoms with E-state index in [9.17, 15) is 9.59 Å². The van der Waals surface area contributed by atoms with Crippen LogP contribution in [-0.2, 0) is 4.79 Å². The first-order valence-electron chi connectivity index (χ1n) is 4.02. The molecule has 0 aliphatic rings. The molecular weight excluding hydrogens is 174 g/mol. The monoisotopic (exact) mass is 189 g/mol. The van der Waals surface area contributed by atoms with Crippen LogP contribution in [0.3, 0.4) is 0 Å². The number of nitrogens with two attached hydrogens (primary N) is 1. The van der Waals surface area contributed by atoms with Gasteiger partial charge in [-0.15, -0.1) is 0 Å². The Balaban J connectivity index is 3.63. The van der Waals surface area contributed by atoms with Crippen LogP contribution in [-0.4, -0.2) is 36.2 Å². The van der Waals surface area contributed by atoms with Crippen LogP contribution in [0.2, 0.25) is 0 Å². The summed E-state index contributed by atoms with van der Waals surface area (Å²) >= 11 is 0. The van der Waals surface area contributed by atoms with Crippen molar-refractivity contribution in [1.29, 1.82) is 0 Å². The Morgan fingerprint density at radius 3 is 2.62 bits per heavy atom. The Morgan fingerprint density at radius 2 is 2.15 bits per heavy atom. The summed E-state index contributed by atoms with van der Waals surface area (Å²) in [6.07, 6.45) is 0.564. The minimum atomic E-state index is -0.860. The van der Waals surface area contributed by atoms with E-state index in [1.165, 1.54) is 0 Å². The SMILES string of the molecule is CC(NCCCO)C(=O)NC(N)=O. The van der Waals surface area contributed by atoms with E-state index in [-0.39, 0.29) is 6.61 Å². The van der Waals surface area contributed by atoms with Gasteiger partial charge in [-0.1, -0.05) is 0 Å². The quantitative estimate of drug-likeness (QED) is 0.397. The van der Waals surface area contributed by atoms with E-state index in [1.54, 1.807) is 6.92 Å². The van der Waals surface area contributed by atoms with Gasteiger partial charge < -0.3 is 16.2 Å². The number of urea groups is 1. The zero-order chi connectivity index (χ0) is 10.3. The van der Waals surface area contributed by atoms with Gasteiger partial charge in [-0.2, -0.15) is 0 Å². The molecule has 1 atom stereocenters. The van der Waals surface area contributed by atoms with Crippen molar-refractivity contribution >= 4 is 11.9 Å². The minimum Gasteiger partial charge on any atom is -0.396 e. The summed E-state index contributed by atoms with van der Waals surface area (Å²) in [7, 11) is 0. The maximum absolute atomic E-state index is 11.0. The van der Waals surface area contributed by atoms with Crippen LogP contribution in [0.5, 0.6) is 0 Å². The molecule has 13 heavy (non-hydrogen) atoms. The maximum atomic E-state index is 11.0. The molecule has 0 fully saturated rings. The topological polar surface area (TPSA) is 104 Å². The van der Waals surface area contributed by atoms with Crippen molar-refractivity contribution in [3.63, 3.8) is 0 Å². The molecule has 0 rings (SSSR count). The third-order valence-electron chi connectivity index (χ3n) is 1.43. The van der Waals surface area contributed by atoms with Gasteiger partial charge in [0.05, 0.1) is 6.04 Å². The molecule has 6 heteroatoms. The molecule has 76 valence electrons. The summed E-state index contributed by atoms with van der Waals surface area (Å²) in [5, 5.41) is 13.2. The zero-order valence-electron chi connectivity index (χ0n) is 7.54. The second-order valence-electron chi connectivity index (χ2n) is 2.61. The van der Waals surface area contributed by atoms with Gasteiger partial charge in [0, 0.05) is 6.61 Å². The first-order valence-corrected chi connectivity index (χ1v) is 4.02. The van der Waals surface area contributed by atoms with Crippen molar-refractivity contribution in [2.75, 3.05) is 13.2 Å². The van der Waals surface area contributed by atoms with Crippen LogP contribution < -0.4 is 16.4 Å². The highest BCUT2D eigenvalue weighted by molar-refractivity contribution is 5.96. The summed E-state index contributed by atoms with van der Waals surface area (Å²) in [6.45, 7) is 2.19. The second kappa shape index (κ2) is 6.38. The van der Waals surface area contributed by atoms with Gasteiger partial charge >= 0.3 is 6.03 Å². The van der Waals surface area contributed by atoms with Crippen LogP contribution in [0.4, 0.5) is 4.79 Å². The molecule has 5 N–H and O–H groups in total. The third-order valence-corrected chi connectivity index (χ3v) is 1.43. The highest BCUT2D eigenvalue weighted by Crippen LogP contribution is 1.82. The molecule has 0 saturated heterocycles. The Hall–Kier alpha value is -1.14. The third kappa shape index (κ3) is 6.06. The van der Waals surface area contributed by atoms with Crippen molar-refractivity contribution in [2.24, 2.45) is 5.73 Å². The summed E-state index contributed by atoms with van der Waals surface area (Å²) in [5.74, 6) is -0.467. The van der Waals surface area contributed by atoms with Gasteiger partial charge in [0.25, 0.3) is 0 Å². The molecule has 0 radical (unpaired) electrons. The molecular formula is C7H15N3O3. The van der Waals surface area contributed by atoms with E-state index < -0.39 is 18.0 Å². The highest BCUT2D eigenvalue weighted by Gasteiger charge is 2.12. The van der Waals surface area contributed by atoms with Crippen molar-refractivity contribution in [2.45, 2.75) is 19.4 Å². The molecule has 6 nitrogen and oxygen atoms in total. The van der Waals surface area contributed by atoms with Crippen LogP contribution in [0.1, 0.15) is 13.3 Å². The predicted molar refractivity (Wildman–Crippen MR) is 46.9 cm³/mol. The minimum absolute atomic E-state index is 0.0666. The van der Waals surface area contributed by atoms with Crippen LogP contribution in [0.15, 0.2) is 0 Å². The lowest BCUT2D eigenvalue weighted by atomic mass is 10.3. The Bertz CT molecular complexity index is 184. The predicted octanol–water partition coefficient (Wildman–Crippen LogP) is -1.46. The lowest BCUT2D eigenvalue weighted by Gasteiger charge is -2.11. The zero-order valence-corrected chi connectivity index (χ0v) is 7.54. The molecule has 0 aromatic heterocycles. The molecule has 0 spiro atoms. The number of imide groups is 1. The summed E-state index contributed by atoms with van der Waals surface area (Å²) in [6, 6.07) is -1.35. The van der Waals surface area contributed by atoms with Gasteiger partial charge in [-0.3, -0.25) is 10.1 Å². The van der Waals surface area contributed by atoms with Crippen molar-refractivity contribution in [3.05, 3.63) is 0 Å². The molecule has 0 aliphatic carbocycles. The van der Waals surface area contributed by atoms with E-state index in [0.29, 0.717) is 13.0 Å². The number of hydrogen-bond donors (Lipinski definition) is 4. The average molecular weight is 189 g/mol. The molecule has 0 heterocycles. The largest absolute Gasteiger partial charge is 0.396 e. The number of carbonyl (C=O) groups excluding carboxylic acids is 2. The molecule has 0 aromatic carbocycles. The number of aliphatic hydroxyl groups excluding tert-OH is 1. The fraction of sp³-hybridized carbons (Fsp3) is 0.714. The van der Waals surface area contributed by atoms with Crippen LogP contribution in [0.25, 0.3) is 0 Å². The van der Waals surface area contributed by atoms with E-state index in [1.807, 2.05) is 5.32 Å². The van der Waals surface area contributed by atoms with E-state index >= 15 is 0 Å².